The summed E-state index contributed by atoms with van der Waals surface area (Å²) in [7, 11) is 0. The first-order valence-corrected chi connectivity index (χ1v) is 10.1. The van der Waals surface area contributed by atoms with Crippen molar-refractivity contribution in [2.75, 3.05) is 44.7 Å². The van der Waals surface area contributed by atoms with E-state index in [9.17, 15) is 9.59 Å². The minimum atomic E-state index is -0.111. The van der Waals surface area contributed by atoms with Gasteiger partial charge in [0.05, 0.1) is 0 Å². The van der Waals surface area contributed by atoms with E-state index in [0.717, 1.165) is 45.6 Å². The first-order chi connectivity index (χ1) is 13.1. The Morgan fingerprint density at radius 2 is 1.81 bits per heavy atom. The number of nitrogens with one attached hydrogen (secondary N) is 1. The molecule has 3 rings (SSSR count). The van der Waals surface area contributed by atoms with Crippen LogP contribution in [0.4, 0.5) is 5.69 Å². The van der Waals surface area contributed by atoms with Crippen molar-refractivity contribution in [3.8, 4) is 0 Å². The zero-order valence-corrected chi connectivity index (χ0v) is 16.3. The standard InChI is InChI=1S/C21H31N3O3/c1-17(25)22-19-7-5-18(6-8-19)21(26)24(20-9-15-27-16-10-20)14-4-13-23-11-2-3-12-23/h5-8,20H,2-4,9-16H2,1H3,(H,22,25). The Hall–Kier alpha value is -1.92. The second-order valence-electron chi connectivity index (χ2n) is 7.50. The Balaban J connectivity index is 1.64. The minimum Gasteiger partial charge on any atom is -0.381 e. The Morgan fingerprint density at radius 1 is 1.15 bits per heavy atom. The van der Waals surface area contributed by atoms with Gasteiger partial charge in [-0.15, -0.1) is 0 Å². The number of ether oxygens (including phenoxy) is 1. The van der Waals surface area contributed by atoms with Crippen molar-refractivity contribution in [1.29, 1.82) is 0 Å². The number of carbonyl (C=O) groups excluding carboxylic acids is 2. The van der Waals surface area contributed by atoms with E-state index in [1.54, 1.807) is 24.3 Å². The molecule has 27 heavy (non-hydrogen) atoms. The molecular weight excluding hydrogens is 342 g/mol. The van der Waals surface area contributed by atoms with Crippen LogP contribution in [0.25, 0.3) is 0 Å². The van der Waals surface area contributed by atoms with Crippen LogP contribution in [0, 0.1) is 0 Å². The molecule has 6 nitrogen and oxygen atoms in total. The second kappa shape index (κ2) is 9.85. The molecular formula is C21H31N3O3. The topological polar surface area (TPSA) is 61.9 Å². The molecule has 0 radical (unpaired) electrons. The molecule has 1 N–H and O–H groups in total. The van der Waals surface area contributed by atoms with Crippen LogP contribution in [-0.4, -0.2) is 67.0 Å². The molecule has 0 spiro atoms. The van der Waals surface area contributed by atoms with Gasteiger partial charge in [0.25, 0.3) is 5.91 Å². The van der Waals surface area contributed by atoms with E-state index in [1.165, 1.54) is 32.9 Å². The molecule has 0 unspecified atom stereocenters. The molecule has 6 heteroatoms. The van der Waals surface area contributed by atoms with Crippen LogP contribution in [0.15, 0.2) is 24.3 Å². The van der Waals surface area contributed by atoms with Crippen molar-refractivity contribution >= 4 is 17.5 Å². The van der Waals surface area contributed by atoms with Gasteiger partial charge in [-0.3, -0.25) is 9.59 Å². The van der Waals surface area contributed by atoms with Crippen LogP contribution in [0.5, 0.6) is 0 Å². The fraction of sp³-hybridized carbons (Fsp3) is 0.619. The molecule has 0 saturated carbocycles. The predicted molar refractivity (Wildman–Crippen MR) is 106 cm³/mol. The summed E-state index contributed by atoms with van der Waals surface area (Å²) in [6, 6.07) is 7.45. The maximum absolute atomic E-state index is 13.2. The summed E-state index contributed by atoms with van der Waals surface area (Å²) >= 11 is 0. The molecule has 148 valence electrons. The number of anilines is 1. The highest BCUT2D eigenvalue weighted by molar-refractivity contribution is 5.95. The lowest BCUT2D eigenvalue weighted by atomic mass is 10.0. The maximum atomic E-state index is 13.2. The van der Waals surface area contributed by atoms with Gasteiger partial charge in [-0.1, -0.05) is 0 Å². The van der Waals surface area contributed by atoms with Crippen LogP contribution in [0.2, 0.25) is 0 Å². The molecule has 0 aliphatic carbocycles. The lowest BCUT2D eigenvalue weighted by molar-refractivity contribution is -0.114. The number of rotatable bonds is 7. The number of carbonyl (C=O) groups is 2. The van der Waals surface area contributed by atoms with Gasteiger partial charge in [-0.05, 0) is 76.0 Å². The summed E-state index contributed by atoms with van der Waals surface area (Å²) in [4.78, 5) is 28.9. The van der Waals surface area contributed by atoms with E-state index >= 15 is 0 Å². The van der Waals surface area contributed by atoms with E-state index in [0.29, 0.717) is 11.3 Å². The molecule has 2 fully saturated rings. The molecule has 2 aliphatic rings. The van der Waals surface area contributed by atoms with Gasteiger partial charge in [0.1, 0.15) is 0 Å². The van der Waals surface area contributed by atoms with Gasteiger partial charge in [-0.2, -0.15) is 0 Å². The third-order valence-electron chi connectivity index (χ3n) is 5.42. The fourth-order valence-corrected chi connectivity index (χ4v) is 3.98. The molecule has 0 atom stereocenters. The number of hydrogen-bond donors (Lipinski definition) is 1. The summed E-state index contributed by atoms with van der Waals surface area (Å²) in [5.74, 6) is -0.0301. The molecule has 2 saturated heterocycles. The third-order valence-corrected chi connectivity index (χ3v) is 5.42. The predicted octanol–water partition coefficient (Wildman–Crippen LogP) is 2.75. The smallest absolute Gasteiger partial charge is 0.254 e. The first-order valence-electron chi connectivity index (χ1n) is 10.1. The summed E-state index contributed by atoms with van der Waals surface area (Å²) < 4.78 is 5.49. The normalized spacial score (nSPS) is 18.4. The summed E-state index contributed by atoms with van der Waals surface area (Å²) in [5, 5.41) is 2.74. The number of amides is 2. The van der Waals surface area contributed by atoms with E-state index in [4.69, 9.17) is 4.74 Å². The Labute approximate surface area is 161 Å². The highest BCUT2D eigenvalue weighted by Gasteiger charge is 2.26. The van der Waals surface area contributed by atoms with Gasteiger partial charge in [0.15, 0.2) is 0 Å². The lowest BCUT2D eigenvalue weighted by Gasteiger charge is -2.35. The number of benzene rings is 1. The molecule has 0 bridgehead atoms. The van der Waals surface area contributed by atoms with Crippen LogP contribution >= 0.6 is 0 Å². The fourth-order valence-electron chi connectivity index (χ4n) is 3.98. The highest BCUT2D eigenvalue weighted by atomic mass is 16.5. The quantitative estimate of drug-likeness (QED) is 0.798. The average molecular weight is 373 g/mol. The SMILES string of the molecule is CC(=O)Nc1ccc(C(=O)N(CCCN2CCCC2)C2CCOCC2)cc1. The van der Waals surface area contributed by atoms with Crippen molar-refractivity contribution in [2.45, 2.75) is 45.1 Å². The van der Waals surface area contributed by atoms with E-state index in [2.05, 4.69) is 10.2 Å². The molecule has 1 aromatic carbocycles. The molecule has 2 heterocycles. The van der Waals surface area contributed by atoms with Crippen LogP contribution < -0.4 is 5.32 Å². The summed E-state index contributed by atoms with van der Waals surface area (Å²) in [5.41, 5.74) is 1.39. The lowest BCUT2D eigenvalue weighted by Crippen LogP contribution is -2.44. The monoisotopic (exact) mass is 373 g/mol. The van der Waals surface area contributed by atoms with Crippen LogP contribution in [0.3, 0.4) is 0 Å². The third kappa shape index (κ3) is 5.78. The first kappa shape index (κ1) is 19.8. The summed E-state index contributed by atoms with van der Waals surface area (Å²) in [6.45, 7) is 7.16. The second-order valence-corrected chi connectivity index (χ2v) is 7.50. The van der Waals surface area contributed by atoms with Crippen molar-refractivity contribution in [3.63, 3.8) is 0 Å². The maximum Gasteiger partial charge on any atom is 0.254 e. The van der Waals surface area contributed by atoms with E-state index in [1.807, 2.05) is 4.90 Å². The molecule has 2 aliphatic heterocycles. The van der Waals surface area contributed by atoms with Crippen LogP contribution in [-0.2, 0) is 9.53 Å². The van der Waals surface area contributed by atoms with Crippen molar-refractivity contribution in [3.05, 3.63) is 29.8 Å². The molecule has 0 aromatic heterocycles. The largest absolute Gasteiger partial charge is 0.381 e. The van der Waals surface area contributed by atoms with Crippen molar-refractivity contribution in [2.24, 2.45) is 0 Å². The van der Waals surface area contributed by atoms with Gasteiger partial charge in [-0.25, -0.2) is 0 Å². The molecule has 2 amide bonds. The van der Waals surface area contributed by atoms with Gasteiger partial charge in [0.2, 0.25) is 5.91 Å². The Morgan fingerprint density at radius 3 is 2.44 bits per heavy atom. The molecule has 1 aromatic rings. The summed E-state index contributed by atoms with van der Waals surface area (Å²) in [6.07, 6.45) is 5.40. The van der Waals surface area contributed by atoms with Gasteiger partial charge < -0.3 is 19.9 Å². The van der Waals surface area contributed by atoms with Gasteiger partial charge in [0, 0.05) is 44.0 Å². The Kier molecular flexibility index (Phi) is 7.24. The van der Waals surface area contributed by atoms with E-state index < -0.39 is 0 Å². The highest BCUT2D eigenvalue weighted by Crippen LogP contribution is 2.20. The van der Waals surface area contributed by atoms with Gasteiger partial charge >= 0.3 is 0 Å². The van der Waals surface area contributed by atoms with E-state index in [-0.39, 0.29) is 17.9 Å². The van der Waals surface area contributed by atoms with Crippen LogP contribution in [0.1, 0.15) is 49.4 Å². The average Bonchev–Trinajstić information content (AvgIpc) is 3.19. The zero-order chi connectivity index (χ0) is 19.1. The number of hydrogen-bond acceptors (Lipinski definition) is 4. The zero-order valence-electron chi connectivity index (χ0n) is 16.3. The number of likely N-dealkylation sites (tertiary alicyclic amines) is 1. The Bertz CT molecular complexity index is 620. The van der Waals surface area contributed by atoms with Crippen molar-refractivity contribution in [1.82, 2.24) is 9.80 Å². The minimum absolute atomic E-state index is 0.0812. The van der Waals surface area contributed by atoms with Crippen molar-refractivity contribution < 1.29 is 14.3 Å². The number of nitrogens with zero attached hydrogens (tertiary/aromatic N) is 2.